The predicted molar refractivity (Wildman–Crippen MR) is 152 cm³/mol. The van der Waals surface area contributed by atoms with Gasteiger partial charge in [0.05, 0.1) is 39.0 Å². The first-order valence-electron chi connectivity index (χ1n) is 15.2. The van der Waals surface area contributed by atoms with E-state index in [1.807, 2.05) is 23.0 Å². The third kappa shape index (κ3) is 6.79. The van der Waals surface area contributed by atoms with E-state index in [2.05, 4.69) is 17.2 Å². The average Bonchev–Trinajstić information content (AvgIpc) is 3.44. The van der Waals surface area contributed by atoms with E-state index in [9.17, 15) is 9.59 Å². The van der Waals surface area contributed by atoms with Crippen molar-refractivity contribution in [2.45, 2.75) is 89.6 Å². The summed E-state index contributed by atoms with van der Waals surface area (Å²) in [6.07, 6.45) is 11.0. The maximum atomic E-state index is 14.5. The minimum Gasteiger partial charge on any atom is -0.493 e. The summed E-state index contributed by atoms with van der Waals surface area (Å²) in [7, 11) is 3.20. The molecule has 4 bridgehead atoms. The number of carbonyl (C=O) groups is 2. The third-order valence-corrected chi connectivity index (χ3v) is 8.70. The van der Waals surface area contributed by atoms with Gasteiger partial charge in [-0.05, 0) is 68.6 Å². The van der Waals surface area contributed by atoms with Gasteiger partial charge in [-0.2, -0.15) is 0 Å². The second-order valence-corrected chi connectivity index (χ2v) is 11.8. The lowest BCUT2D eigenvalue weighted by molar-refractivity contribution is -0.158. The zero-order chi connectivity index (χ0) is 28.8. The van der Waals surface area contributed by atoms with Crippen LogP contribution in [0.4, 0.5) is 0 Å². The van der Waals surface area contributed by atoms with Crippen molar-refractivity contribution < 1.29 is 28.5 Å². The summed E-state index contributed by atoms with van der Waals surface area (Å²) in [6.45, 7) is 4.01. The molecule has 3 heterocycles. The van der Waals surface area contributed by atoms with Gasteiger partial charge >= 0.3 is 5.97 Å². The van der Waals surface area contributed by atoms with E-state index in [1.54, 1.807) is 19.1 Å². The van der Waals surface area contributed by atoms with Crippen LogP contribution in [-0.2, 0) is 27.3 Å². The first-order chi connectivity index (χ1) is 20.0. The SMILES string of the molecule is COc1cc2cc(c1OC)OC[C@H](C)Cn1cc(nn1)CCCOC(=O)[C@@H]1CCCCN1C(=O)[C@H]2C1CCCCC1. The lowest BCUT2D eigenvalue weighted by Gasteiger charge is -2.39. The van der Waals surface area contributed by atoms with Crippen LogP contribution in [-0.4, -0.2) is 71.8 Å². The molecule has 0 spiro atoms. The Morgan fingerprint density at radius 2 is 1.76 bits per heavy atom. The van der Waals surface area contributed by atoms with Crippen LogP contribution in [0.25, 0.3) is 0 Å². The van der Waals surface area contributed by atoms with Crippen molar-refractivity contribution in [1.82, 2.24) is 19.9 Å². The molecular weight excluding hydrogens is 524 g/mol. The van der Waals surface area contributed by atoms with E-state index >= 15 is 0 Å². The van der Waals surface area contributed by atoms with Crippen molar-refractivity contribution in [3.63, 3.8) is 0 Å². The molecule has 1 saturated heterocycles. The van der Waals surface area contributed by atoms with Gasteiger partial charge in [-0.1, -0.05) is 31.4 Å². The molecule has 3 atom stereocenters. The van der Waals surface area contributed by atoms with Crippen molar-refractivity contribution >= 4 is 11.9 Å². The lowest BCUT2D eigenvalue weighted by Crippen LogP contribution is -2.51. The number of ether oxygens (including phenoxy) is 4. The van der Waals surface area contributed by atoms with Gasteiger partial charge in [-0.3, -0.25) is 9.48 Å². The molecule has 1 aliphatic carbocycles. The van der Waals surface area contributed by atoms with Gasteiger partial charge in [0.1, 0.15) is 6.04 Å². The summed E-state index contributed by atoms with van der Waals surface area (Å²) >= 11 is 0. The van der Waals surface area contributed by atoms with Crippen LogP contribution in [0.1, 0.15) is 81.9 Å². The van der Waals surface area contributed by atoms with Crippen molar-refractivity contribution in [3.8, 4) is 17.2 Å². The molecule has 3 aliphatic rings. The fourth-order valence-corrected chi connectivity index (χ4v) is 6.61. The summed E-state index contributed by atoms with van der Waals surface area (Å²) in [5.41, 5.74) is 1.70. The van der Waals surface area contributed by atoms with Crippen LogP contribution in [0.5, 0.6) is 17.2 Å². The van der Waals surface area contributed by atoms with Gasteiger partial charge < -0.3 is 23.8 Å². The zero-order valence-corrected chi connectivity index (χ0v) is 24.7. The van der Waals surface area contributed by atoms with Crippen molar-refractivity contribution in [1.29, 1.82) is 0 Å². The molecular formula is C31H44N4O6. The zero-order valence-electron chi connectivity index (χ0n) is 24.7. The van der Waals surface area contributed by atoms with E-state index in [0.29, 0.717) is 62.8 Å². The monoisotopic (exact) mass is 568 g/mol. The summed E-state index contributed by atoms with van der Waals surface area (Å²) in [6, 6.07) is 3.30. The van der Waals surface area contributed by atoms with Crippen molar-refractivity contribution in [3.05, 3.63) is 29.6 Å². The minimum atomic E-state index is -0.568. The molecule has 2 aromatic rings. The van der Waals surface area contributed by atoms with Gasteiger partial charge in [0.2, 0.25) is 11.7 Å². The van der Waals surface area contributed by atoms with Gasteiger partial charge in [0.25, 0.3) is 0 Å². The molecule has 2 fully saturated rings. The summed E-state index contributed by atoms with van der Waals surface area (Å²) in [4.78, 5) is 29.7. The van der Waals surface area contributed by atoms with Crippen LogP contribution in [0.3, 0.4) is 0 Å². The Labute approximate surface area is 242 Å². The van der Waals surface area contributed by atoms with Crippen LogP contribution >= 0.6 is 0 Å². The van der Waals surface area contributed by atoms with Crippen LogP contribution < -0.4 is 14.2 Å². The van der Waals surface area contributed by atoms with Gasteiger partial charge in [0.15, 0.2) is 11.5 Å². The first kappa shape index (κ1) is 29.2. The second kappa shape index (κ2) is 13.6. The highest BCUT2D eigenvalue weighted by molar-refractivity contribution is 5.89. The molecule has 41 heavy (non-hydrogen) atoms. The molecule has 1 aromatic heterocycles. The highest BCUT2D eigenvalue weighted by Crippen LogP contribution is 2.45. The number of aromatic nitrogens is 3. The second-order valence-electron chi connectivity index (χ2n) is 11.8. The number of amides is 1. The van der Waals surface area contributed by atoms with Gasteiger partial charge in [0, 0.05) is 25.2 Å². The number of nitrogens with zero attached hydrogens (tertiary/aromatic N) is 4. The highest BCUT2D eigenvalue weighted by atomic mass is 16.5. The molecule has 0 radical (unpaired) electrons. The Bertz CT molecular complexity index is 1190. The Morgan fingerprint density at radius 3 is 2.54 bits per heavy atom. The standard InChI is InChI=1S/C31H44N4O6/c1-21-18-34-19-24(32-33-34)12-9-15-40-31(37)25-13-7-8-14-35(25)30(36)28(22-10-5-4-6-11-22)23-16-26(38-2)29(39-3)27(17-23)41-20-21/h16-17,19,21-22,25,28H,4-15,18,20H2,1-3H3/t21-,25+,28+/m1/s1. The van der Waals surface area contributed by atoms with Gasteiger partial charge in [-0.25, -0.2) is 4.79 Å². The number of methoxy groups -OCH3 is 2. The molecule has 1 saturated carbocycles. The Hall–Kier alpha value is -3.30. The number of benzene rings is 1. The Kier molecular flexibility index (Phi) is 9.67. The molecule has 0 unspecified atom stereocenters. The largest absolute Gasteiger partial charge is 0.493 e. The topological polar surface area (TPSA) is 105 Å². The Morgan fingerprint density at radius 1 is 0.951 bits per heavy atom. The molecule has 10 heteroatoms. The normalized spacial score (nSPS) is 25.1. The first-order valence-corrected chi connectivity index (χ1v) is 15.2. The molecule has 224 valence electrons. The highest BCUT2D eigenvalue weighted by Gasteiger charge is 2.41. The number of carbonyl (C=O) groups excluding carboxylic acids is 2. The molecule has 10 nitrogen and oxygen atoms in total. The van der Waals surface area contributed by atoms with Crippen molar-refractivity contribution in [2.24, 2.45) is 11.8 Å². The number of esters is 1. The molecule has 2 aliphatic heterocycles. The van der Waals surface area contributed by atoms with E-state index in [-0.39, 0.29) is 23.7 Å². The number of hydrogen-bond donors (Lipinski definition) is 0. The lowest BCUT2D eigenvalue weighted by atomic mass is 9.75. The number of rotatable bonds is 3. The van der Waals surface area contributed by atoms with E-state index in [1.165, 1.54) is 6.42 Å². The number of hydrogen-bond acceptors (Lipinski definition) is 8. The van der Waals surface area contributed by atoms with E-state index in [0.717, 1.165) is 49.8 Å². The van der Waals surface area contributed by atoms with Crippen molar-refractivity contribution in [2.75, 3.05) is 34.0 Å². The smallest absolute Gasteiger partial charge is 0.328 e. The van der Waals surface area contributed by atoms with Crippen LogP contribution in [0.15, 0.2) is 18.3 Å². The fourth-order valence-electron chi connectivity index (χ4n) is 6.61. The van der Waals surface area contributed by atoms with E-state index in [4.69, 9.17) is 18.9 Å². The molecule has 5 rings (SSSR count). The average molecular weight is 569 g/mol. The van der Waals surface area contributed by atoms with E-state index < -0.39 is 12.0 Å². The number of fused-ring (bicyclic) bond motifs is 5. The number of piperidine rings is 1. The fraction of sp³-hybridized carbons (Fsp3) is 0.677. The summed E-state index contributed by atoms with van der Waals surface area (Å²) in [5, 5.41) is 8.56. The van der Waals surface area contributed by atoms with Crippen LogP contribution in [0, 0.1) is 11.8 Å². The minimum absolute atomic E-state index is 0.00122. The predicted octanol–water partition coefficient (Wildman–Crippen LogP) is 4.54. The quantitative estimate of drug-likeness (QED) is 0.497. The number of cyclic esters (lactones) is 1. The van der Waals surface area contributed by atoms with Crippen LogP contribution in [0.2, 0.25) is 0 Å². The Balaban J connectivity index is 1.55. The third-order valence-electron chi connectivity index (χ3n) is 8.70. The molecule has 0 N–H and O–H groups in total. The maximum Gasteiger partial charge on any atom is 0.328 e. The summed E-state index contributed by atoms with van der Waals surface area (Å²) in [5.74, 6) is 1.18. The molecule has 1 aromatic carbocycles. The molecule has 1 amide bonds. The number of aryl methyl sites for hydroxylation is 1. The summed E-state index contributed by atoms with van der Waals surface area (Å²) < 4.78 is 25.4. The maximum absolute atomic E-state index is 14.5. The van der Waals surface area contributed by atoms with Gasteiger partial charge in [-0.15, -0.1) is 5.10 Å².